The molecule has 72 valence electrons. The number of carbonyl (C=O) groups excluding carboxylic acids is 1. The van der Waals surface area contributed by atoms with Gasteiger partial charge < -0.3 is 10.7 Å². The van der Waals surface area contributed by atoms with E-state index in [1.165, 1.54) is 6.07 Å². The number of amides is 1. The summed E-state index contributed by atoms with van der Waals surface area (Å²) in [5.41, 5.74) is 5.23. The second-order valence-electron chi connectivity index (χ2n) is 2.85. The predicted octanol–water partition coefficient (Wildman–Crippen LogP) is 2.06. The fraction of sp³-hybridized carbons (Fsp3) is 0. The number of primary amides is 1. The van der Waals surface area contributed by atoms with Crippen LogP contribution in [0.1, 0.15) is 10.4 Å². The van der Waals surface area contributed by atoms with Crippen molar-refractivity contribution in [2.24, 2.45) is 5.73 Å². The number of hydrogen-bond acceptors (Lipinski definition) is 1. The lowest BCUT2D eigenvalue weighted by Crippen LogP contribution is -2.14. The van der Waals surface area contributed by atoms with Crippen molar-refractivity contribution in [2.45, 2.75) is 0 Å². The third-order valence-electron chi connectivity index (χ3n) is 1.99. The van der Waals surface area contributed by atoms with E-state index in [2.05, 4.69) is 4.98 Å². The second-order valence-corrected chi connectivity index (χ2v) is 3.26. The first kappa shape index (κ1) is 9.02. The Bertz CT molecular complexity index is 521. The zero-order chi connectivity index (χ0) is 10.3. The van der Waals surface area contributed by atoms with Crippen LogP contribution in [0.15, 0.2) is 18.3 Å². The molecule has 3 N–H and O–H groups in total. The number of rotatable bonds is 1. The van der Waals surface area contributed by atoms with E-state index in [-0.39, 0.29) is 10.6 Å². The number of carbonyl (C=O) groups is 1. The number of aromatic amines is 1. The monoisotopic (exact) mass is 212 g/mol. The SMILES string of the molecule is NC(=O)c1c(F)c(Cl)cc2cc[nH]c12. The molecule has 0 aliphatic carbocycles. The zero-order valence-electron chi connectivity index (χ0n) is 6.97. The van der Waals surface area contributed by atoms with Crippen LogP contribution in [-0.2, 0) is 0 Å². The highest BCUT2D eigenvalue weighted by atomic mass is 35.5. The number of nitrogens with one attached hydrogen (secondary N) is 1. The Morgan fingerprint density at radius 3 is 2.93 bits per heavy atom. The van der Waals surface area contributed by atoms with Gasteiger partial charge in [0.15, 0.2) is 5.82 Å². The van der Waals surface area contributed by atoms with Crippen molar-refractivity contribution >= 4 is 28.4 Å². The molecular weight excluding hydrogens is 207 g/mol. The average Bonchev–Trinajstić information content (AvgIpc) is 2.52. The van der Waals surface area contributed by atoms with Gasteiger partial charge in [-0.25, -0.2) is 4.39 Å². The summed E-state index contributed by atoms with van der Waals surface area (Å²) >= 11 is 5.60. The number of hydrogen-bond donors (Lipinski definition) is 2. The summed E-state index contributed by atoms with van der Waals surface area (Å²) in [7, 11) is 0. The van der Waals surface area contributed by atoms with Gasteiger partial charge in [-0.2, -0.15) is 0 Å². The number of benzene rings is 1. The average molecular weight is 213 g/mol. The van der Waals surface area contributed by atoms with Crippen molar-refractivity contribution in [3.8, 4) is 0 Å². The summed E-state index contributed by atoms with van der Waals surface area (Å²) in [6.07, 6.45) is 1.59. The third kappa shape index (κ3) is 1.15. The molecule has 1 aromatic carbocycles. The van der Waals surface area contributed by atoms with Crippen molar-refractivity contribution in [3.63, 3.8) is 0 Å². The number of halogens is 2. The standard InChI is InChI=1S/C9H6ClFN2O/c10-5-3-4-1-2-13-8(4)6(7(5)11)9(12)14/h1-3,13H,(H2,12,14). The van der Waals surface area contributed by atoms with Crippen molar-refractivity contribution in [1.82, 2.24) is 4.98 Å². The van der Waals surface area contributed by atoms with Gasteiger partial charge in [0.25, 0.3) is 5.91 Å². The molecule has 0 saturated carbocycles. The number of fused-ring (bicyclic) bond motifs is 1. The van der Waals surface area contributed by atoms with Crippen LogP contribution in [0.5, 0.6) is 0 Å². The number of nitrogens with two attached hydrogens (primary N) is 1. The van der Waals surface area contributed by atoms with Crippen LogP contribution in [-0.4, -0.2) is 10.9 Å². The molecule has 0 bridgehead atoms. The minimum absolute atomic E-state index is 0.106. The van der Waals surface area contributed by atoms with Gasteiger partial charge in [-0.3, -0.25) is 4.79 Å². The highest BCUT2D eigenvalue weighted by Crippen LogP contribution is 2.26. The summed E-state index contributed by atoms with van der Waals surface area (Å²) in [4.78, 5) is 13.7. The first-order valence-electron chi connectivity index (χ1n) is 3.86. The minimum Gasteiger partial charge on any atom is -0.365 e. The Balaban J connectivity index is 2.93. The first-order chi connectivity index (χ1) is 6.61. The molecule has 0 saturated heterocycles. The lowest BCUT2D eigenvalue weighted by Gasteiger charge is -2.02. The van der Waals surface area contributed by atoms with Crippen molar-refractivity contribution in [2.75, 3.05) is 0 Å². The maximum atomic E-state index is 13.4. The molecule has 2 aromatic rings. The van der Waals surface area contributed by atoms with Crippen molar-refractivity contribution < 1.29 is 9.18 Å². The molecule has 0 fully saturated rings. The topological polar surface area (TPSA) is 58.9 Å². The molecule has 14 heavy (non-hydrogen) atoms. The maximum absolute atomic E-state index is 13.4. The number of H-pyrrole nitrogens is 1. The van der Waals surface area contributed by atoms with E-state index >= 15 is 0 Å². The molecule has 2 rings (SSSR count). The summed E-state index contributed by atoms with van der Waals surface area (Å²) in [5, 5.41) is 0.552. The van der Waals surface area contributed by atoms with E-state index in [0.29, 0.717) is 10.9 Å². The van der Waals surface area contributed by atoms with Gasteiger partial charge in [0, 0.05) is 11.6 Å². The summed E-state index contributed by atoms with van der Waals surface area (Å²) < 4.78 is 13.4. The van der Waals surface area contributed by atoms with Gasteiger partial charge in [0.05, 0.1) is 10.5 Å². The number of aromatic nitrogens is 1. The summed E-state index contributed by atoms with van der Waals surface area (Å²) in [6.45, 7) is 0. The molecule has 0 aliphatic heterocycles. The molecule has 1 amide bonds. The predicted molar refractivity (Wildman–Crippen MR) is 51.8 cm³/mol. The van der Waals surface area contributed by atoms with Gasteiger partial charge in [0.1, 0.15) is 5.56 Å². The molecule has 0 aliphatic rings. The largest absolute Gasteiger partial charge is 0.365 e. The Kier molecular flexibility index (Phi) is 1.93. The smallest absolute Gasteiger partial charge is 0.253 e. The zero-order valence-corrected chi connectivity index (χ0v) is 7.73. The second kappa shape index (κ2) is 2.99. The Hall–Kier alpha value is -1.55. The first-order valence-corrected chi connectivity index (χ1v) is 4.24. The van der Waals surface area contributed by atoms with Gasteiger partial charge in [-0.1, -0.05) is 11.6 Å². The van der Waals surface area contributed by atoms with E-state index in [1.807, 2.05) is 0 Å². The van der Waals surface area contributed by atoms with Crippen molar-refractivity contribution in [3.05, 3.63) is 34.7 Å². The van der Waals surface area contributed by atoms with Gasteiger partial charge in [-0.05, 0) is 12.1 Å². The van der Waals surface area contributed by atoms with Gasteiger partial charge in [0.2, 0.25) is 0 Å². The van der Waals surface area contributed by atoms with E-state index < -0.39 is 11.7 Å². The highest BCUT2D eigenvalue weighted by Gasteiger charge is 2.17. The molecule has 5 heteroatoms. The normalized spacial score (nSPS) is 10.7. The van der Waals surface area contributed by atoms with Crippen LogP contribution in [0.3, 0.4) is 0 Å². The lowest BCUT2D eigenvalue weighted by molar-refractivity contribution is 0.0998. The Labute approximate surface area is 83.7 Å². The van der Waals surface area contributed by atoms with E-state index in [1.54, 1.807) is 12.3 Å². The van der Waals surface area contributed by atoms with Crippen LogP contribution in [0.2, 0.25) is 5.02 Å². The van der Waals surface area contributed by atoms with Crippen LogP contribution in [0.4, 0.5) is 4.39 Å². The fourth-order valence-corrected chi connectivity index (χ4v) is 1.59. The molecule has 0 spiro atoms. The van der Waals surface area contributed by atoms with Gasteiger partial charge in [-0.15, -0.1) is 0 Å². The molecule has 1 heterocycles. The van der Waals surface area contributed by atoms with Crippen LogP contribution in [0, 0.1) is 5.82 Å². The lowest BCUT2D eigenvalue weighted by atomic mass is 10.1. The Morgan fingerprint density at radius 2 is 2.29 bits per heavy atom. The molecule has 0 radical (unpaired) electrons. The quantitative estimate of drug-likeness (QED) is 0.747. The summed E-state index contributed by atoms with van der Waals surface area (Å²) in [5.74, 6) is -1.62. The Morgan fingerprint density at radius 1 is 1.57 bits per heavy atom. The molecule has 0 atom stereocenters. The minimum atomic E-state index is -0.836. The van der Waals surface area contributed by atoms with Gasteiger partial charge >= 0.3 is 0 Å². The molecule has 3 nitrogen and oxygen atoms in total. The molecular formula is C9H6ClFN2O. The highest BCUT2D eigenvalue weighted by molar-refractivity contribution is 6.32. The van der Waals surface area contributed by atoms with Crippen LogP contribution < -0.4 is 5.73 Å². The fourth-order valence-electron chi connectivity index (χ4n) is 1.38. The van der Waals surface area contributed by atoms with E-state index in [9.17, 15) is 9.18 Å². The van der Waals surface area contributed by atoms with E-state index in [0.717, 1.165) is 0 Å². The summed E-state index contributed by atoms with van der Waals surface area (Å²) in [6, 6.07) is 3.13. The van der Waals surface area contributed by atoms with Crippen molar-refractivity contribution in [1.29, 1.82) is 0 Å². The maximum Gasteiger partial charge on any atom is 0.253 e. The third-order valence-corrected chi connectivity index (χ3v) is 2.26. The molecule has 0 unspecified atom stereocenters. The van der Waals surface area contributed by atoms with Crippen LogP contribution >= 0.6 is 11.6 Å². The van der Waals surface area contributed by atoms with Crippen LogP contribution in [0.25, 0.3) is 10.9 Å². The molecule has 1 aromatic heterocycles. The van der Waals surface area contributed by atoms with E-state index in [4.69, 9.17) is 17.3 Å².